The number of carboxylic acids is 8. The lowest BCUT2D eigenvalue weighted by Gasteiger charge is -2.16. The molecule has 54 heteroatoms. The summed E-state index contributed by atoms with van der Waals surface area (Å²) in [5.74, 6) is -3.64. The molecule has 0 unspecified atom stereocenters. The average molecular weight is 1970 g/mol. The summed E-state index contributed by atoms with van der Waals surface area (Å²) in [4.78, 5) is 121. The topological polar surface area (TPSA) is 661 Å². The summed E-state index contributed by atoms with van der Waals surface area (Å²) in [6.07, 6.45) is 15.8. The lowest BCUT2D eigenvalue weighted by atomic mass is 9.88. The standard InChI is InChI=1S/C11H5Cl3N4O2.C11H6Cl2N4O2.C11H8N4O2.C11H14N4O2.C11H16N4O2.C10H7N5O2.2C9H7N3O3/c12-4-1-5(13)9(6(14)2-4)10-16-15-8-3-7(11(19)20)17-18(8)10;12-6-2-1-5(3-7(6)13)10-15-14-9-4-8(11(18)19)16-17(9)10;16-11(17)8-6-9-12-13-10(15(9)14-8)7-4-2-1-3-5-7;1-11(2,3)7-6-9-13-12-8(15(9)14-7)4-5-10(16)17;1-2-3-4-5-6-8-7-9-12-13-10(11(16)17)15(9)14-8;16-10(17)7-5-8-12-13-9(15(8)14-7)6-3-1-2-4-11-6;13-8-4-7(9(14)15)11-12(8)6-2-1-3-10-5-6;13-8-5-6(9(14)15)11-12(8)7-3-1-2-4-10-7/h1-2H,3H2,(H,19,20);1-3H,4H2,(H,18,19);1-5H,6H2,(H,16,17);4-5H,6H2,1-3H3,(H,16,17);2-7H2,1H3,(H,16,17);1-4H,5H2,(H,16,17);1-3,5H,4H2,(H,14,15);1-4H,5H2,(H,14,15)/b;;;5-4+;;;;. The van der Waals surface area contributed by atoms with Crippen LogP contribution in [0.4, 0.5) is 11.5 Å². The molecule has 20 rings (SSSR count). The minimum Gasteiger partial charge on any atom is -0.478 e. The van der Waals surface area contributed by atoms with Crippen molar-refractivity contribution in [2.24, 2.45) is 46.2 Å². The highest BCUT2D eigenvalue weighted by Gasteiger charge is 2.35. The van der Waals surface area contributed by atoms with Gasteiger partial charge in [-0.25, -0.2) is 43.3 Å². The number of aromatic carboxylic acids is 1. The summed E-state index contributed by atoms with van der Waals surface area (Å²) in [7, 11) is 0. The third kappa shape index (κ3) is 23.6. The number of hydrogen-bond donors (Lipinski definition) is 8. The van der Waals surface area contributed by atoms with Gasteiger partial charge in [0.15, 0.2) is 98.3 Å². The predicted octanol–water partition coefficient (Wildman–Crippen LogP) is 9.23. The monoisotopic (exact) mass is 1960 g/mol. The van der Waals surface area contributed by atoms with Gasteiger partial charge in [-0.1, -0.05) is 147 Å². The second kappa shape index (κ2) is 43.3. The number of unbranched alkanes of at least 4 members (excludes halogenated alkanes) is 3. The molecule has 0 spiro atoms. The fraction of sp³-hybridized carbons (Fsp3) is 0.217. The smallest absolute Gasteiger partial charge is 0.375 e. The third-order valence-electron chi connectivity index (χ3n) is 19.5. The largest absolute Gasteiger partial charge is 0.478 e. The number of halogens is 5. The summed E-state index contributed by atoms with van der Waals surface area (Å²) in [5.41, 5.74) is 4.89. The number of hydrogen-bond acceptors (Lipinski definition) is 33. The highest BCUT2D eigenvalue weighted by atomic mass is 35.5. The number of fused-ring (bicyclic) bond motifs is 6. The number of rotatable bonds is 20. The molecule has 137 heavy (non-hydrogen) atoms. The molecule has 700 valence electrons. The zero-order valence-corrected chi connectivity index (χ0v) is 75.2. The normalized spacial score (nSPS) is 14.0. The fourth-order valence-electron chi connectivity index (χ4n) is 12.8. The molecule has 0 bridgehead atoms. The maximum atomic E-state index is 11.4. The van der Waals surface area contributed by atoms with Crippen molar-refractivity contribution >= 4 is 181 Å². The molecule has 0 atom stereocenters. The number of hydrazone groups is 2. The van der Waals surface area contributed by atoms with Gasteiger partial charge in [0, 0.05) is 58.4 Å². The Morgan fingerprint density at radius 1 is 0.394 bits per heavy atom. The van der Waals surface area contributed by atoms with E-state index in [-0.39, 0.29) is 112 Å². The highest BCUT2D eigenvalue weighted by Crippen LogP contribution is 2.38. The SMILES string of the molecule is CC(C)(C)C1=Nn2c(/C=C/C(=O)O)nnc2C1.CCCCCCC1=Nn2c(nnc2C(=O)O)C1.O=C(O)C1=NN(c2ccccn2)C(=O)C1.O=C(O)C1=NN(c2cccnc2)C(=O)C1.O=C(O)C1=Nn2c(nnc2-c2c(Cl)cc(Cl)cc2Cl)C1.O=C(O)C1=Nn2c(nnc2-c2ccc(Cl)c(Cl)c2)C1.O=C(O)C1=Nn2c(nnc2-c2ccccc2)C1.O=C(O)C1=Nn2c(nnc2-c2ccccn2)C1. The molecular formula is C83H70Cl5N31O18. The van der Waals surface area contributed by atoms with Crippen LogP contribution in [0.15, 0.2) is 181 Å². The van der Waals surface area contributed by atoms with Gasteiger partial charge in [0.05, 0.1) is 88.2 Å². The van der Waals surface area contributed by atoms with E-state index in [1.807, 2.05) is 36.4 Å². The van der Waals surface area contributed by atoms with Crippen LogP contribution < -0.4 is 10.0 Å². The van der Waals surface area contributed by atoms with Crippen LogP contribution in [-0.2, 0) is 81.7 Å². The lowest BCUT2D eigenvalue weighted by molar-refractivity contribution is -0.132. The second-order valence-electron chi connectivity index (χ2n) is 30.1. The number of carbonyl (C=O) groups is 10. The Kier molecular flexibility index (Phi) is 30.9. The highest BCUT2D eigenvalue weighted by molar-refractivity contribution is 6.44. The molecular weight excluding hydrogens is 1900 g/mol. The molecule has 12 aromatic rings. The molecule has 9 aromatic heterocycles. The summed E-state index contributed by atoms with van der Waals surface area (Å²) >= 11 is 29.9. The van der Waals surface area contributed by atoms with E-state index >= 15 is 0 Å². The zero-order chi connectivity index (χ0) is 98.2. The second-order valence-corrected chi connectivity index (χ2v) is 32.1. The van der Waals surface area contributed by atoms with E-state index in [9.17, 15) is 47.9 Å². The number of benzene rings is 3. The molecule has 0 aliphatic carbocycles. The molecule has 8 aliphatic rings. The van der Waals surface area contributed by atoms with Gasteiger partial charge in [-0.05, 0) is 85.6 Å². The van der Waals surface area contributed by atoms with E-state index in [0.29, 0.717) is 109 Å². The van der Waals surface area contributed by atoms with Gasteiger partial charge in [-0.15, -0.1) is 61.2 Å². The number of aromatic nitrogens is 21. The Bertz CT molecular complexity index is 6840. The van der Waals surface area contributed by atoms with Gasteiger partial charge >= 0.3 is 47.8 Å². The summed E-state index contributed by atoms with van der Waals surface area (Å²) < 4.78 is 8.58. The number of anilines is 2. The molecule has 3 aromatic carbocycles. The van der Waals surface area contributed by atoms with E-state index in [0.717, 1.165) is 51.7 Å². The van der Waals surface area contributed by atoms with E-state index < -0.39 is 47.8 Å². The summed E-state index contributed by atoms with van der Waals surface area (Å²) in [6.45, 7) is 8.42. The van der Waals surface area contributed by atoms with Crippen LogP contribution >= 0.6 is 58.0 Å². The molecule has 0 saturated heterocycles. The first kappa shape index (κ1) is 97.7. The zero-order valence-electron chi connectivity index (χ0n) is 71.5. The van der Waals surface area contributed by atoms with Gasteiger partial charge in [0.2, 0.25) is 5.82 Å². The maximum absolute atomic E-state index is 11.4. The average Bonchev–Trinajstić information content (AvgIpc) is 1.64. The van der Waals surface area contributed by atoms with Crippen molar-refractivity contribution in [1.29, 1.82) is 0 Å². The summed E-state index contributed by atoms with van der Waals surface area (Å²) in [6, 6.07) is 31.1. The Balaban J connectivity index is 0.000000132. The van der Waals surface area contributed by atoms with Gasteiger partial charge in [-0.2, -0.15) is 78.9 Å². The van der Waals surface area contributed by atoms with Gasteiger partial charge in [-0.3, -0.25) is 19.6 Å². The van der Waals surface area contributed by atoms with Crippen LogP contribution in [0.2, 0.25) is 25.1 Å². The van der Waals surface area contributed by atoms with Crippen LogP contribution in [0.25, 0.3) is 51.8 Å². The van der Waals surface area contributed by atoms with Crippen LogP contribution in [0.3, 0.4) is 0 Å². The molecule has 0 saturated carbocycles. The van der Waals surface area contributed by atoms with Crippen LogP contribution in [0, 0.1) is 5.41 Å². The van der Waals surface area contributed by atoms with E-state index in [1.165, 1.54) is 73.2 Å². The third-order valence-corrected chi connectivity index (χ3v) is 21.0. The van der Waals surface area contributed by atoms with Gasteiger partial charge in [0.25, 0.3) is 17.6 Å². The minimum absolute atomic E-state index is 0.0163. The van der Waals surface area contributed by atoms with Gasteiger partial charge in [0.1, 0.15) is 5.69 Å². The number of nitrogens with zero attached hydrogens (tertiary/aromatic N) is 31. The Morgan fingerprint density at radius 3 is 1.37 bits per heavy atom. The Hall–Kier alpha value is -16.8. The van der Waals surface area contributed by atoms with E-state index in [4.69, 9.17) is 98.9 Å². The van der Waals surface area contributed by atoms with E-state index in [1.54, 1.807) is 77.7 Å². The van der Waals surface area contributed by atoms with Gasteiger partial charge < -0.3 is 40.9 Å². The lowest BCUT2D eigenvalue weighted by Crippen LogP contribution is -2.20. The predicted molar refractivity (Wildman–Crippen MR) is 489 cm³/mol. The summed E-state index contributed by atoms with van der Waals surface area (Å²) in [5, 5.41) is 153. The molecule has 49 nitrogen and oxygen atoms in total. The first-order valence-electron chi connectivity index (χ1n) is 40.4. The number of pyridine rings is 3. The molecule has 8 N–H and O–H groups in total. The van der Waals surface area contributed by atoms with Crippen molar-refractivity contribution in [2.75, 3.05) is 10.0 Å². The van der Waals surface area contributed by atoms with Crippen molar-refractivity contribution < 1.29 is 88.8 Å². The van der Waals surface area contributed by atoms with Crippen LogP contribution in [-0.4, -0.2) is 250 Å². The fourth-order valence-corrected chi connectivity index (χ4v) is 14.1. The van der Waals surface area contributed by atoms with Crippen molar-refractivity contribution in [1.82, 2.24) is 104 Å². The minimum atomic E-state index is -1.18. The molecule has 0 fully saturated rings. The first-order chi connectivity index (χ1) is 65.5. The number of aliphatic carboxylic acids is 7. The van der Waals surface area contributed by atoms with Crippen molar-refractivity contribution in [3.63, 3.8) is 0 Å². The van der Waals surface area contributed by atoms with Crippen molar-refractivity contribution in [2.45, 2.75) is 111 Å². The molecule has 0 radical (unpaired) electrons. The van der Waals surface area contributed by atoms with Crippen molar-refractivity contribution in [3.8, 4) is 45.7 Å². The van der Waals surface area contributed by atoms with E-state index in [2.05, 4.69) is 145 Å². The number of carboxylic acid groups (broad SMARTS) is 8. The van der Waals surface area contributed by atoms with Crippen molar-refractivity contribution in [3.05, 3.63) is 212 Å². The molecule has 17 heterocycles. The number of amides is 2. The molecule has 8 aliphatic heterocycles. The quantitative estimate of drug-likeness (QED) is 0.0260. The first-order valence-corrected chi connectivity index (χ1v) is 42.2. The van der Waals surface area contributed by atoms with Crippen LogP contribution in [0.1, 0.15) is 124 Å². The molecule has 2 amide bonds. The van der Waals surface area contributed by atoms with Crippen LogP contribution in [0.5, 0.6) is 0 Å². The number of carbonyl (C=O) groups excluding carboxylic acids is 2. The Labute approximate surface area is 794 Å². The Morgan fingerprint density at radius 2 is 0.876 bits per heavy atom. The maximum Gasteiger partial charge on any atom is 0.375 e.